The number of nitrogens with zero attached hydrogens (tertiary/aromatic N) is 1. The molecule has 1 fully saturated rings. The second-order valence-electron chi connectivity index (χ2n) is 7.93. The molecular formula is C23H27ClN2O2. The summed E-state index contributed by atoms with van der Waals surface area (Å²) in [7, 11) is 0. The van der Waals surface area contributed by atoms with Crippen LogP contribution in [0.5, 0.6) is 0 Å². The standard InChI is InChI=1S/C23H27ClN2O2/c1-15(2)12-25-22(27)21-14-26(23(28)17-8-6-9-18(24)11-17)13-20(21)19-10-5-4-7-16(19)3/h4-11,15,20-21H,12-14H2,1-3H3,(H,25,27). The van der Waals surface area contributed by atoms with Crippen LogP contribution in [-0.4, -0.2) is 36.3 Å². The van der Waals surface area contributed by atoms with Gasteiger partial charge in [0.2, 0.25) is 5.91 Å². The first-order chi connectivity index (χ1) is 13.4. The van der Waals surface area contributed by atoms with Gasteiger partial charge in [0.05, 0.1) is 5.92 Å². The third-order valence-electron chi connectivity index (χ3n) is 5.29. The fraction of sp³-hybridized carbons (Fsp3) is 0.391. The average Bonchev–Trinajstić information content (AvgIpc) is 3.11. The highest BCUT2D eigenvalue weighted by Crippen LogP contribution is 2.35. The maximum Gasteiger partial charge on any atom is 0.253 e. The SMILES string of the molecule is Cc1ccccc1C1CN(C(=O)c2cccc(Cl)c2)CC1C(=O)NCC(C)C. The van der Waals surface area contributed by atoms with Crippen LogP contribution in [0.3, 0.4) is 0 Å². The Kier molecular flexibility index (Phi) is 6.40. The number of nitrogens with one attached hydrogen (secondary N) is 1. The first-order valence-electron chi connectivity index (χ1n) is 9.75. The number of halogens is 1. The number of amides is 2. The molecule has 1 saturated heterocycles. The highest BCUT2D eigenvalue weighted by Gasteiger charge is 2.41. The molecule has 1 heterocycles. The first kappa shape index (κ1) is 20.4. The van der Waals surface area contributed by atoms with Crippen LogP contribution in [0.4, 0.5) is 0 Å². The van der Waals surface area contributed by atoms with E-state index < -0.39 is 0 Å². The minimum atomic E-state index is -0.261. The van der Waals surface area contributed by atoms with Gasteiger partial charge < -0.3 is 10.2 Å². The van der Waals surface area contributed by atoms with Crippen molar-refractivity contribution in [2.45, 2.75) is 26.7 Å². The summed E-state index contributed by atoms with van der Waals surface area (Å²) in [5, 5.41) is 3.59. The zero-order chi connectivity index (χ0) is 20.3. The van der Waals surface area contributed by atoms with E-state index in [1.165, 1.54) is 0 Å². The fourth-order valence-corrected chi connectivity index (χ4v) is 3.98. The maximum absolute atomic E-state index is 13.0. The summed E-state index contributed by atoms with van der Waals surface area (Å²) in [6, 6.07) is 15.1. The molecule has 5 heteroatoms. The van der Waals surface area contributed by atoms with Crippen LogP contribution in [0.15, 0.2) is 48.5 Å². The van der Waals surface area contributed by atoms with Crippen molar-refractivity contribution in [1.82, 2.24) is 10.2 Å². The first-order valence-corrected chi connectivity index (χ1v) is 10.1. The van der Waals surface area contributed by atoms with Crippen LogP contribution < -0.4 is 5.32 Å². The summed E-state index contributed by atoms with van der Waals surface area (Å²) in [6.07, 6.45) is 0. The van der Waals surface area contributed by atoms with Gasteiger partial charge in [0.15, 0.2) is 0 Å². The number of aryl methyl sites for hydroxylation is 1. The normalized spacial score (nSPS) is 19.1. The Labute approximate surface area is 171 Å². The van der Waals surface area contributed by atoms with Gasteiger partial charge in [-0.15, -0.1) is 0 Å². The molecule has 1 aliphatic heterocycles. The highest BCUT2D eigenvalue weighted by molar-refractivity contribution is 6.30. The third kappa shape index (κ3) is 4.56. The molecule has 28 heavy (non-hydrogen) atoms. The molecule has 2 aromatic rings. The van der Waals surface area contributed by atoms with Crippen molar-refractivity contribution < 1.29 is 9.59 Å². The Balaban J connectivity index is 1.86. The molecule has 2 aromatic carbocycles. The van der Waals surface area contributed by atoms with E-state index in [1.807, 2.05) is 12.1 Å². The number of carbonyl (C=O) groups excluding carboxylic acids is 2. The summed E-state index contributed by atoms with van der Waals surface area (Å²) in [4.78, 5) is 27.7. The minimum absolute atomic E-state index is 0.0170. The lowest BCUT2D eigenvalue weighted by atomic mass is 9.86. The van der Waals surface area contributed by atoms with Crippen molar-refractivity contribution in [2.75, 3.05) is 19.6 Å². The largest absolute Gasteiger partial charge is 0.356 e. The number of benzene rings is 2. The van der Waals surface area contributed by atoms with Gasteiger partial charge in [0.1, 0.15) is 0 Å². The Bertz CT molecular complexity index is 865. The molecule has 2 amide bonds. The van der Waals surface area contributed by atoms with Gasteiger partial charge in [-0.2, -0.15) is 0 Å². The summed E-state index contributed by atoms with van der Waals surface area (Å²) < 4.78 is 0. The molecule has 3 rings (SSSR count). The van der Waals surface area contributed by atoms with Crippen LogP contribution in [-0.2, 0) is 4.79 Å². The molecule has 0 aliphatic carbocycles. The van der Waals surface area contributed by atoms with Gasteiger partial charge in [0.25, 0.3) is 5.91 Å². The van der Waals surface area contributed by atoms with E-state index >= 15 is 0 Å². The van der Waals surface area contributed by atoms with Gasteiger partial charge >= 0.3 is 0 Å². The van der Waals surface area contributed by atoms with E-state index in [0.717, 1.165) is 11.1 Å². The summed E-state index contributed by atoms with van der Waals surface area (Å²) in [5.74, 6) is 0.0366. The van der Waals surface area contributed by atoms with Crippen LogP contribution in [0.25, 0.3) is 0 Å². The van der Waals surface area contributed by atoms with Gasteiger partial charge in [-0.1, -0.05) is 55.8 Å². The molecule has 2 atom stereocenters. The zero-order valence-corrected chi connectivity index (χ0v) is 17.4. The van der Waals surface area contributed by atoms with Crippen molar-refractivity contribution >= 4 is 23.4 Å². The fourth-order valence-electron chi connectivity index (χ4n) is 3.79. The topological polar surface area (TPSA) is 49.4 Å². The third-order valence-corrected chi connectivity index (χ3v) is 5.52. The van der Waals surface area contributed by atoms with Gasteiger partial charge in [-0.3, -0.25) is 9.59 Å². The van der Waals surface area contributed by atoms with Gasteiger partial charge in [0, 0.05) is 36.1 Å². The Morgan fingerprint density at radius 1 is 1.14 bits per heavy atom. The monoisotopic (exact) mass is 398 g/mol. The predicted molar refractivity (Wildman–Crippen MR) is 113 cm³/mol. The van der Waals surface area contributed by atoms with Crippen molar-refractivity contribution in [1.29, 1.82) is 0 Å². The van der Waals surface area contributed by atoms with Crippen LogP contribution >= 0.6 is 11.6 Å². The Morgan fingerprint density at radius 2 is 1.89 bits per heavy atom. The van der Waals surface area contributed by atoms with Crippen molar-refractivity contribution in [3.63, 3.8) is 0 Å². The van der Waals surface area contributed by atoms with Crippen LogP contribution in [0, 0.1) is 18.8 Å². The van der Waals surface area contributed by atoms with E-state index in [-0.39, 0.29) is 23.7 Å². The predicted octanol–water partition coefficient (Wildman–Crippen LogP) is 4.28. The second kappa shape index (κ2) is 8.78. The molecule has 0 spiro atoms. The molecule has 1 aliphatic rings. The lowest BCUT2D eigenvalue weighted by Crippen LogP contribution is -2.37. The van der Waals surface area contributed by atoms with Crippen molar-refractivity contribution in [3.05, 3.63) is 70.2 Å². The van der Waals surface area contributed by atoms with Crippen LogP contribution in [0.1, 0.15) is 41.3 Å². The van der Waals surface area contributed by atoms with E-state index in [4.69, 9.17) is 11.6 Å². The average molecular weight is 399 g/mol. The molecule has 0 radical (unpaired) electrons. The molecule has 0 aromatic heterocycles. The molecule has 0 saturated carbocycles. The number of rotatable bonds is 5. The van der Waals surface area contributed by atoms with Gasteiger partial charge in [-0.05, 0) is 42.2 Å². The van der Waals surface area contributed by atoms with Crippen LogP contribution in [0.2, 0.25) is 5.02 Å². The van der Waals surface area contributed by atoms with Crippen molar-refractivity contribution in [2.24, 2.45) is 11.8 Å². The Hall–Kier alpha value is -2.33. The highest BCUT2D eigenvalue weighted by atomic mass is 35.5. The molecular weight excluding hydrogens is 372 g/mol. The maximum atomic E-state index is 13.0. The second-order valence-corrected chi connectivity index (χ2v) is 8.37. The number of carbonyl (C=O) groups is 2. The van der Waals surface area contributed by atoms with E-state index in [2.05, 4.69) is 38.2 Å². The molecule has 2 unspecified atom stereocenters. The smallest absolute Gasteiger partial charge is 0.253 e. The number of hydrogen-bond donors (Lipinski definition) is 1. The lowest BCUT2D eigenvalue weighted by Gasteiger charge is -2.20. The van der Waals surface area contributed by atoms with E-state index in [9.17, 15) is 9.59 Å². The number of hydrogen-bond acceptors (Lipinski definition) is 2. The summed E-state index contributed by atoms with van der Waals surface area (Å²) in [6.45, 7) is 7.77. The molecule has 1 N–H and O–H groups in total. The molecule has 0 bridgehead atoms. The lowest BCUT2D eigenvalue weighted by molar-refractivity contribution is -0.125. The number of likely N-dealkylation sites (tertiary alicyclic amines) is 1. The zero-order valence-electron chi connectivity index (χ0n) is 16.6. The van der Waals surface area contributed by atoms with E-state index in [1.54, 1.807) is 29.2 Å². The van der Waals surface area contributed by atoms with Crippen molar-refractivity contribution in [3.8, 4) is 0 Å². The Morgan fingerprint density at radius 3 is 2.57 bits per heavy atom. The quantitative estimate of drug-likeness (QED) is 0.817. The summed E-state index contributed by atoms with van der Waals surface area (Å²) >= 11 is 6.06. The molecule has 4 nitrogen and oxygen atoms in total. The summed E-state index contributed by atoms with van der Waals surface area (Å²) in [5.41, 5.74) is 2.83. The minimum Gasteiger partial charge on any atom is -0.356 e. The molecule has 148 valence electrons. The van der Waals surface area contributed by atoms with Gasteiger partial charge in [-0.25, -0.2) is 0 Å². The van der Waals surface area contributed by atoms with E-state index in [0.29, 0.717) is 36.1 Å².